The normalized spacial score (nSPS) is 31.9. The van der Waals surface area contributed by atoms with Gasteiger partial charge in [0.25, 0.3) is 0 Å². The van der Waals surface area contributed by atoms with E-state index < -0.39 is 24.5 Å². The van der Waals surface area contributed by atoms with Gasteiger partial charge >= 0.3 is 6.09 Å². The number of carbonyl (C=O) groups is 1. The molecule has 1 saturated heterocycles. The summed E-state index contributed by atoms with van der Waals surface area (Å²) in [5.41, 5.74) is 0. The van der Waals surface area contributed by atoms with Crippen LogP contribution in [0.1, 0.15) is 20.8 Å². The molecule has 1 heterocycles. The molecular weight excluding hydrogens is 189 g/mol. The van der Waals surface area contributed by atoms with Crippen LogP contribution >= 0.6 is 0 Å². The van der Waals surface area contributed by atoms with Crippen molar-refractivity contribution < 1.29 is 18.7 Å². The number of carbonyl (C=O) groups excluding carboxylic acids is 1. The second-order valence-electron chi connectivity index (χ2n) is 3.73. The SMILES string of the molecule is CC(C)NC(=O)O[C@@H]1CO[C@H](C)[C@H]1F. The number of nitrogens with one attached hydrogen (secondary N) is 1. The van der Waals surface area contributed by atoms with Crippen molar-refractivity contribution in [3.8, 4) is 0 Å². The summed E-state index contributed by atoms with van der Waals surface area (Å²) >= 11 is 0. The van der Waals surface area contributed by atoms with Crippen LogP contribution < -0.4 is 5.32 Å². The Hall–Kier alpha value is -0.840. The van der Waals surface area contributed by atoms with Gasteiger partial charge in [0, 0.05) is 6.04 Å². The van der Waals surface area contributed by atoms with Crippen LogP contribution in [0.2, 0.25) is 0 Å². The summed E-state index contributed by atoms with van der Waals surface area (Å²) < 4.78 is 23.1. The Labute approximate surface area is 82.8 Å². The predicted molar refractivity (Wildman–Crippen MR) is 48.9 cm³/mol. The zero-order valence-electron chi connectivity index (χ0n) is 8.62. The smallest absolute Gasteiger partial charge is 0.407 e. The van der Waals surface area contributed by atoms with Crippen LogP contribution in [-0.4, -0.2) is 37.1 Å². The monoisotopic (exact) mass is 205 g/mol. The Kier molecular flexibility index (Phi) is 3.69. The van der Waals surface area contributed by atoms with E-state index in [0.29, 0.717) is 0 Å². The van der Waals surface area contributed by atoms with Gasteiger partial charge in [0.1, 0.15) is 0 Å². The van der Waals surface area contributed by atoms with Crippen LogP contribution in [0.15, 0.2) is 0 Å². The third-order valence-electron chi connectivity index (χ3n) is 1.99. The van der Waals surface area contributed by atoms with Gasteiger partial charge in [-0.05, 0) is 20.8 Å². The van der Waals surface area contributed by atoms with Crippen LogP contribution in [-0.2, 0) is 9.47 Å². The van der Waals surface area contributed by atoms with Crippen LogP contribution in [0, 0.1) is 0 Å². The van der Waals surface area contributed by atoms with E-state index in [4.69, 9.17) is 9.47 Å². The number of ether oxygens (including phenoxy) is 2. The summed E-state index contributed by atoms with van der Waals surface area (Å²) in [7, 11) is 0. The van der Waals surface area contributed by atoms with E-state index >= 15 is 0 Å². The average Bonchev–Trinajstić information content (AvgIpc) is 2.34. The first-order valence-corrected chi connectivity index (χ1v) is 4.73. The average molecular weight is 205 g/mol. The molecule has 0 aliphatic carbocycles. The molecule has 0 aromatic carbocycles. The molecule has 0 saturated carbocycles. The van der Waals surface area contributed by atoms with Crippen molar-refractivity contribution in [3.63, 3.8) is 0 Å². The van der Waals surface area contributed by atoms with E-state index in [9.17, 15) is 9.18 Å². The van der Waals surface area contributed by atoms with Crippen molar-refractivity contribution in [3.05, 3.63) is 0 Å². The molecule has 0 unspecified atom stereocenters. The second kappa shape index (κ2) is 4.59. The maximum Gasteiger partial charge on any atom is 0.407 e. The Morgan fingerprint density at radius 3 is 2.71 bits per heavy atom. The standard InChI is InChI=1S/C9H16FNO3/c1-5(2)11-9(12)14-7-4-13-6(3)8(7)10/h5-8H,4H2,1-3H3,(H,11,12)/t6-,7-,8-/m1/s1. The molecular formula is C9H16FNO3. The minimum Gasteiger partial charge on any atom is -0.441 e. The van der Waals surface area contributed by atoms with Gasteiger partial charge < -0.3 is 14.8 Å². The lowest BCUT2D eigenvalue weighted by Gasteiger charge is -2.15. The fraction of sp³-hybridized carbons (Fsp3) is 0.889. The van der Waals surface area contributed by atoms with Crippen LogP contribution in [0.5, 0.6) is 0 Å². The van der Waals surface area contributed by atoms with E-state index in [1.54, 1.807) is 6.92 Å². The largest absolute Gasteiger partial charge is 0.441 e. The number of halogens is 1. The van der Waals surface area contributed by atoms with E-state index in [1.165, 1.54) is 0 Å². The highest BCUT2D eigenvalue weighted by molar-refractivity contribution is 5.67. The molecule has 0 spiro atoms. The molecule has 3 atom stereocenters. The van der Waals surface area contributed by atoms with Gasteiger partial charge in [-0.2, -0.15) is 0 Å². The minimum atomic E-state index is -1.23. The molecule has 4 nitrogen and oxygen atoms in total. The molecule has 1 N–H and O–H groups in total. The van der Waals surface area contributed by atoms with E-state index in [-0.39, 0.29) is 12.6 Å². The number of rotatable bonds is 2. The van der Waals surface area contributed by atoms with Crippen molar-refractivity contribution in [1.82, 2.24) is 5.32 Å². The minimum absolute atomic E-state index is 0.0136. The van der Waals surface area contributed by atoms with Gasteiger partial charge in [0.15, 0.2) is 12.3 Å². The first-order valence-electron chi connectivity index (χ1n) is 4.73. The summed E-state index contributed by atoms with van der Waals surface area (Å²) in [6, 6.07) is -0.0136. The Bertz CT molecular complexity index is 210. The van der Waals surface area contributed by atoms with Crippen LogP contribution in [0.25, 0.3) is 0 Å². The highest BCUT2D eigenvalue weighted by Gasteiger charge is 2.37. The molecule has 1 rings (SSSR count). The molecule has 1 fully saturated rings. The highest BCUT2D eigenvalue weighted by Crippen LogP contribution is 2.19. The lowest BCUT2D eigenvalue weighted by Crippen LogP contribution is -2.37. The van der Waals surface area contributed by atoms with Crippen LogP contribution in [0.3, 0.4) is 0 Å². The quantitative estimate of drug-likeness (QED) is 0.738. The Morgan fingerprint density at radius 1 is 1.64 bits per heavy atom. The first kappa shape index (κ1) is 11.2. The number of amides is 1. The van der Waals surface area contributed by atoms with Crippen LogP contribution in [0.4, 0.5) is 9.18 Å². The summed E-state index contributed by atoms with van der Waals surface area (Å²) in [5, 5.41) is 2.52. The number of hydrogen-bond donors (Lipinski definition) is 1. The molecule has 5 heteroatoms. The number of alkyl halides is 1. The summed E-state index contributed by atoms with van der Waals surface area (Å²) in [5.74, 6) is 0. The first-order chi connectivity index (χ1) is 6.50. The van der Waals surface area contributed by atoms with Gasteiger partial charge in [0.05, 0.1) is 12.7 Å². The van der Waals surface area contributed by atoms with E-state index in [1.807, 2.05) is 13.8 Å². The van der Waals surface area contributed by atoms with Gasteiger partial charge in [0.2, 0.25) is 0 Å². The fourth-order valence-corrected chi connectivity index (χ4v) is 1.24. The molecule has 0 aromatic rings. The number of hydrogen-bond acceptors (Lipinski definition) is 3. The molecule has 1 aliphatic heterocycles. The summed E-state index contributed by atoms with van der Waals surface area (Å²) in [4.78, 5) is 11.1. The topological polar surface area (TPSA) is 47.6 Å². The van der Waals surface area contributed by atoms with Crippen molar-refractivity contribution in [2.24, 2.45) is 0 Å². The van der Waals surface area contributed by atoms with Gasteiger partial charge in [-0.25, -0.2) is 9.18 Å². The fourth-order valence-electron chi connectivity index (χ4n) is 1.24. The van der Waals surface area contributed by atoms with E-state index in [2.05, 4.69) is 5.32 Å². The van der Waals surface area contributed by atoms with E-state index in [0.717, 1.165) is 0 Å². The van der Waals surface area contributed by atoms with Crippen molar-refractivity contribution in [2.75, 3.05) is 6.61 Å². The Morgan fingerprint density at radius 2 is 2.29 bits per heavy atom. The predicted octanol–water partition coefficient (Wildman–Crippen LogP) is 1.25. The van der Waals surface area contributed by atoms with Gasteiger partial charge in [-0.3, -0.25) is 0 Å². The molecule has 0 radical (unpaired) electrons. The van der Waals surface area contributed by atoms with Crippen molar-refractivity contribution in [1.29, 1.82) is 0 Å². The summed E-state index contributed by atoms with van der Waals surface area (Å²) in [6.07, 6.45) is -3.09. The zero-order valence-corrected chi connectivity index (χ0v) is 8.62. The molecule has 0 bridgehead atoms. The second-order valence-corrected chi connectivity index (χ2v) is 3.73. The van der Waals surface area contributed by atoms with Crippen molar-refractivity contribution in [2.45, 2.75) is 45.2 Å². The van der Waals surface area contributed by atoms with Crippen molar-refractivity contribution >= 4 is 6.09 Å². The highest BCUT2D eigenvalue weighted by atomic mass is 19.1. The zero-order chi connectivity index (χ0) is 10.7. The molecule has 1 amide bonds. The summed E-state index contributed by atoms with van der Waals surface area (Å²) in [6.45, 7) is 5.37. The lowest BCUT2D eigenvalue weighted by molar-refractivity contribution is 0.0618. The Balaban J connectivity index is 2.34. The third kappa shape index (κ3) is 2.83. The molecule has 1 aliphatic rings. The molecule has 0 aromatic heterocycles. The van der Waals surface area contributed by atoms with Gasteiger partial charge in [-0.1, -0.05) is 0 Å². The lowest BCUT2D eigenvalue weighted by atomic mass is 10.2. The maximum atomic E-state index is 13.2. The molecule has 82 valence electrons. The number of alkyl carbamates (subject to hydrolysis) is 1. The maximum absolute atomic E-state index is 13.2. The third-order valence-corrected chi connectivity index (χ3v) is 1.99. The molecule has 14 heavy (non-hydrogen) atoms. The van der Waals surface area contributed by atoms with Gasteiger partial charge in [-0.15, -0.1) is 0 Å².